The number of aromatic nitrogens is 2. The van der Waals surface area contributed by atoms with Gasteiger partial charge in [0.15, 0.2) is 6.17 Å². The summed E-state index contributed by atoms with van der Waals surface area (Å²) in [6.07, 6.45) is 6.89. The molecule has 2 N–H and O–H groups in total. The number of hydrogen-bond acceptors (Lipinski definition) is 5. The lowest BCUT2D eigenvalue weighted by Gasteiger charge is -2.32. The van der Waals surface area contributed by atoms with Crippen molar-refractivity contribution in [2.24, 2.45) is 9.98 Å². The van der Waals surface area contributed by atoms with Crippen molar-refractivity contribution < 1.29 is 9.59 Å². The number of aliphatic imine (C=N–C) groups is 2. The molecular weight excluding hydrogens is 394 g/mol. The van der Waals surface area contributed by atoms with Crippen LogP contribution in [-0.2, 0) is 0 Å². The van der Waals surface area contributed by atoms with Gasteiger partial charge in [0.05, 0.1) is 11.6 Å². The van der Waals surface area contributed by atoms with E-state index >= 15 is 0 Å². The number of likely N-dealkylation sites (tertiary alicyclic amines) is 1. The molecule has 0 radical (unpaired) electrons. The van der Waals surface area contributed by atoms with E-state index in [1.54, 1.807) is 29.8 Å². The number of hydrogen-bond donors (Lipinski definition) is 2. The van der Waals surface area contributed by atoms with Gasteiger partial charge in [-0.15, -0.1) is 0 Å². The summed E-state index contributed by atoms with van der Waals surface area (Å²) < 4.78 is 1.55. The van der Waals surface area contributed by atoms with E-state index < -0.39 is 0 Å². The standard InChI is InChI=1S/C22H27N7O2/c1-23-21(30)28-10-6-9-16(13-28)20-27-18(14-29(20)22(31)24-2)17-11-25-19(26-12-17)15-7-4-3-5-8-15/h3-5,7-8,11-12,14,16-17,19H,6,9-10,13H2,1-2H3,(H,23,30)(H,24,31). The third-order valence-electron chi connectivity index (χ3n) is 5.69. The van der Waals surface area contributed by atoms with E-state index in [1.807, 2.05) is 42.8 Å². The fourth-order valence-corrected chi connectivity index (χ4v) is 4.05. The predicted molar refractivity (Wildman–Crippen MR) is 119 cm³/mol. The first kappa shape index (κ1) is 20.8. The van der Waals surface area contributed by atoms with Gasteiger partial charge in [-0.2, -0.15) is 0 Å². The number of urea groups is 1. The highest BCUT2D eigenvalue weighted by atomic mass is 16.2. The fourth-order valence-electron chi connectivity index (χ4n) is 4.05. The van der Waals surface area contributed by atoms with Crippen molar-refractivity contribution in [3.63, 3.8) is 0 Å². The first-order valence-corrected chi connectivity index (χ1v) is 10.5. The minimum Gasteiger partial charge on any atom is -0.341 e. The maximum atomic E-state index is 12.5. The monoisotopic (exact) mass is 421 g/mol. The van der Waals surface area contributed by atoms with E-state index in [1.165, 1.54) is 0 Å². The molecule has 0 spiro atoms. The van der Waals surface area contributed by atoms with Crippen LogP contribution in [-0.4, -0.2) is 66.1 Å². The van der Waals surface area contributed by atoms with Gasteiger partial charge >= 0.3 is 12.1 Å². The van der Waals surface area contributed by atoms with Crippen LogP contribution in [0.25, 0.3) is 0 Å². The number of amides is 3. The maximum absolute atomic E-state index is 12.5. The minimum absolute atomic E-state index is 0.0216. The molecule has 2 aliphatic heterocycles. The summed E-state index contributed by atoms with van der Waals surface area (Å²) in [6.45, 7) is 1.22. The number of carbonyl (C=O) groups is 2. The van der Waals surface area contributed by atoms with Crippen LogP contribution in [0.15, 0.2) is 46.5 Å². The molecule has 1 aromatic heterocycles. The maximum Gasteiger partial charge on any atom is 0.326 e. The average Bonchev–Trinajstić information content (AvgIpc) is 3.29. The molecular formula is C22H27N7O2. The zero-order chi connectivity index (χ0) is 21.8. The molecule has 1 fully saturated rings. The van der Waals surface area contributed by atoms with E-state index in [9.17, 15) is 9.59 Å². The average molecular weight is 422 g/mol. The topological polar surface area (TPSA) is 104 Å². The second kappa shape index (κ2) is 9.11. The molecule has 1 aromatic carbocycles. The highest BCUT2D eigenvalue weighted by Crippen LogP contribution is 2.29. The first-order chi connectivity index (χ1) is 15.1. The molecule has 1 saturated heterocycles. The molecule has 9 nitrogen and oxygen atoms in total. The van der Waals surface area contributed by atoms with E-state index in [0.29, 0.717) is 18.9 Å². The second-order valence-corrected chi connectivity index (χ2v) is 7.70. The van der Waals surface area contributed by atoms with Crippen LogP contribution in [0.3, 0.4) is 0 Å². The summed E-state index contributed by atoms with van der Waals surface area (Å²) in [5.74, 6) is 0.435. The van der Waals surface area contributed by atoms with Crippen molar-refractivity contribution in [1.82, 2.24) is 25.1 Å². The van der Waals surface area contributed by atoms with E-state index in [-0.39, 0.29) is 30.1 Å². The van der Waals surface area contributed by atoms with Gasteiger partial charge in [-0.3, -0.25) is 14.6 Å². The van der Waals surface area contributed by atoms with Crippen molar-refractivity contribution in [1.29, 1.82) is 0 Å². The summed E-state index contributed by atoms with van der Waals surface area (Å²) in [6, 6.07) is 9.54. The minimum atomic E-state index is -0.252. The van der Waals surface area contributed by atoms with Crippen molar-refractivity contribution >= 4 is 24.5 Å². The third-order valence-corrected chi connectivity index (χ3v) is 5.69. The quantitative estimate of drug-likeness (QED) is 0.796. The number of rotatable bonds is 3. The number of carbonyl (C=O) groups excluding carboxylic acids is 2. The van der Waals surface area contributed by atoms with Crippen LogP contribution in [0.5, 0.6) is 0 Å². The molecule has 0 bridgehead atoms. The molecule has 1 unspecified atom stereocenters. The molecule has 2 aromatic rings. The van der Waals surface area contributed by atoms with Gasteiger partial charge in [0.1, 0.15) is 5.82 Å². The highest BCUT2D eigenvalue weighted by Gasteiger charge is 2.30. The number of benzene rings is 1. The Hall–Kier alpha value is -3.49. The number of imidazole rings is 1. The van der Waals surface area contributed by atoms with Crippen LogP contribution >= 0.6 is 0 Å². The smallest absolute Gasteiger partial charge is 0.326 e. The molecule has 31 heavy (non-hydrogen) atoms. The molecule has 1 atom stereocenters. The molecule has 0 aliphatic carbocycles. The van der Waals surface area contributed by atoms with Crippen molar-refractivity contribution in [2.45, 2.75) is 30.8 Å². The van der Waals surface area contributed by atoms with Crippen LogP contribution in [0.2, 0.25) is 0 Å². The Labute approximate surface area is 181 Å². The normalized spacial score (nSPS) is 22.9. The molecule has 3 heterocycles. The van der Waals surface area contributed by atoms with Gasteiger partial charge in [-0.25, -0.2) is 14.6 Å². The van der Waals surface area contributed by atoms with Gasteiger partial charge in [0.2, 0.25) is 0 Å². The SMILES string of the molecule is CNC(=O)N1CCCC(c2nc(C3C=NC(c4ccccc4)N=C3)cn2C(=O)NC)C1. The Balaban J connectivity index is 1.58. The number of piperidine rings is 1. The first-order valence-electron chi connectivity index (χ1n) is 10.5. The molecule has 9 heteroatoms. The van der Waals surface area contributed by atoms with Crippen molar-refractivity contribution in [3.05, 3.63) is 53.6 Å². The zero-order valence-corrected chi connectivity index (χ0v) is 17.7. The summed E-state index contributed by atoms with van der Waals surface area (Å²) in [4.78, 5) is 40.4. The molecule has 0 saturated carbocycles. The van der Waals surface area contributed by atoms with Gasteiger partial charge < -0.3 is 15.5 Å². The highest BCUT2D eigenvalue weighted by molar-refractivity contribution is 5.91. The molecule has 162 valence electrons. The summed E-state index contributed by atoms with van der Waals surface area (Å²) in [5, 5.41) is 5.35. The van der Waals surface area contributed by atoms with E-state index in [4.69, 9.17) is 4.98 Å². The van der Waals surface area contributed by atoms with E-state index in [2.05, 4.69) is 20.6 Å². The lowest BCUT2D eigenvalue weighted by atomic mass is 9.97. The summed E-state index contributed by atoms with van der Waals surface area (Å²) in [5.41, 5.74) is 1.75. The fraction of sp³-hybridized carbons (Fsp3) is 0.409. The largest absolute Gasteiger partial charge is 0.341 e. The zero-order valence-electron chi connectivity index (χ0n) is 17.7. The molecule has 4 rings (SSSR count). The van der Waals surface area contributed by atoms with Crippen LogP contribution < -0.4 is 10.6 Å². The van der Waals surface area contributed by atoms with Gasteiger partial charge in [0.25, 0.3) is 0 Å². The Bertz CT molecular complexity index is 985. The Morgan fingerprint density at radius 2 is 1.74 bits per heavy atom. The van der Waals surface area contributed by atoms with Crippen molar-refractivity contribution in [3.8, 4) is 0 Å². The lowest BCUT2D eigenvalue weighted by molar-refractivity contribution is 0.180. The van der Waals surface area contributed by atoms with Crippen molar-refractivity contribution in [2.75, 3.05) is 27.2 Å². The third kappa shape index (κ3) is 4.35. The van der Waals surface area contributed by atoms with Crippen LogP contribution in [0, 0.1) is 0 Å². The van der Waals surface area contributed by atoms with Crippen LogP contribution in [0.1, 0.15) is 47.9 Å². The van der Waals surface area contributed by atoms with Gasteiger partial charge in [-0.1, -0.05) is 30.3 Å². The van der Waals surface area contributed by atoms with Gasteiger partial charge in [-0.05, 0) is 18.4 Å². The van der Waals surface area contributed by atoms with E-state index in [0.717, 1.165) is 24.1 Å². The van der Waals surface area contributed by atoms with Crippen LogP contribution in [0.4, 0.5) is 9.59 Å². The molecule has 2 aliphatic rings. The second-order valence-electron chi connectivity index (χ2n) is 7.70. The lowest BCUT2D eigenvalue weighted by Crippen LogP contribution is -2.44. The number of nitrogens with one attached hydrogen (secondary N) is 2. The molecule has 3 amide bonds. The van der Waals surface area contributed by atoms with Gasteiger partial charge in [0, 0.05) is 51.7 Å². The summed E-state index contributed by atoms with van der Waals surface area (Å²) in [7, 11) is 3.22. The predicted octanol–water partition coefficient (Wildman–Crippen LogP) is 2.53. The Morgan fingerprint density at radius 3 is 2.42 bits per heavy atom. The Morgan fingerprint density at radius 1 is 1.03 bits per heavy atom. The Kier molecular flexibility index (Phi) is 6.11. The number of nitrogens with zero attached hydrogens (tertiary/aromatic N) is 5. The summed E-state index contributed by atoms with van der Waals surface area (Å²) >= 11 is 0.